The number of hydrogen-bond acceptors (Lipinski definition) is 4. The molecule has 12 rings (SSSR count). The van der Waals surface area contributed by atoms with Crippen molar-refractivity contribution in [2.45, 2.75) is 0 Å². The van der Waals surface area contributed by atoms with Crippen molar-refractivity contribution >= 4 is 43.7 Å². The standard InChI is InChI=1S/C57H36N4O/c1-5-18-37(19-6-1)42-26-13-14-27-43(42)40-32-33-44(49(36-40)57-59-55(38-20-7-2-8-21-38)58-56(60-57)39-22-9-3-10-23-39)45-29-17-30-46-47-34-35-51-52(54(47)62-53(45)46)48-28-15-16-31-50(48)61(51)41-24-11-4-12-25-41/h1-36H. The third kappa shape index (κ3) is 5.90. The molecule has 0 aliphatic rings. The van der Waals surface area contributed by atoms with Gasteiger partial charge in [-0.3, -0.25) is 0 Å². The quantitative estimate of drug-likeness (QED) is 0.161. The molecule has 62 heavy (non-hydrogen) atoms. The van der Waals surface area contributed by atoms with E-state index in [-0.39, 0.29) is 0 Å². The van der Waals surface area contributed by atoms with Gasteiger partial charge in [0.25, 0.3) is 0 Å². The minimum absolute atomic E-state index is 0.577. The molecule has 0 bridgehead atoms. The van der Waals surface area contributed by atoms with Gasteiger partial charge in [0.05, 0.1) is 16.4 Å². The van der Waals surface area contributed by atoms with Crippen molar-refractivity contribution in [1.82, 2.24) is 19.5 Å². The molecule has 12 aromatic rings. The van der Waals surface area contributed by atoms with Crippen LogP contribution in [0.5, 0.6) is 0 Å². The summed E-state index contributed by atoms with van der Waals surface area (Å²) in [7, 11) is 0. The zero-order valence-electron chi connectivity index (χ0n) is 33.5. The lowest BCUT2D eigenvalue weighted by Crippen LogP contribution is -2.01. The zero-order chi connectivity index (χ0) is 41.0. The summed E-state index contributed by atoms with van der Waals surface area (Å²) in [5.74, 6) is 1.79. The molecule has 5 nitrogen and oxygen atoms in total. The molecule has 0 N–H and O–H groups in total. The van der Waals surface area contributed by atoms with Crippen LogP contribution in [0.3, 0.4) is 0 Å². The van der Waals surface area contributed by atoms with E-state index in [0.717, 1.165) is 99.5 Å². The van der Waals surface area contributed by atoms with Gasteiger partial charge in [-0.2, -0.15) is 0 Å². The molecule has 5 heteroatoms. The molecule has 0 aliphatic carbocycles. The summed E-state index contributed by atoms with van der Waals surface area (Å²) in [4.78, 5) is 15.6. The van der Waals surface area contributed by atoms with Gasteiger partial charge in [-0.25, -0.2) is 15.0 Å². The zero-order valence-corrected chi connectivity index (χ0v) is 33.5. The fourth-order valence-corrected chi connectivity index (χ4v) is 9.04. The van der Waals surface area contributed by atoms with E-state index in [0.29, 0.717) is 17.5 Å². The lowest BCUT2D eigenvalue weighted by atomic mass is 9.90. The highest BCUT2D eigenvalue weighted by atomic mass is 16.3. The predicted octanol–water partition coefficient (Wildman–Crippen LogP) is 14.9. The van der Waals surface area contributed by atoms with E-state index in [9.17, 15) is 0 Å². The molecule has 0 atom stereocenters. The topological polar surface area (TPSA) is 56.7 Å². The van der Waals surface area contributed by atoms with Crippen molar-refractivity contribution < 1.29 is 4.42 Å². The van der Waals surface area contributed by atoms with Gasteiger partial charge in [0, 0.05) is 44.1 Å². The Morgan fingerprint density at radius 2 is 0.839 bits per heavy atom. The summed E-state index contributed by atoms with van der Waals surface area (Å²) in [5.41, 5.74) is 14.1. The second-order valence-electron chi connectivity index (χ2n) is 15.5. The minimum atomic E-state index is 0.577. The molecule has 290 valence electrons. The van der Waals surface area contributed by atoms with E-state index in [1.807, 2.05) is 60.7 Å². The van der Waals surface area contributed by atoms with Crippen LogP contribution in [0.4, 0.5) is 0 Å². The Labute approximate surface area is 357 Å². The van der Waals surface area contributed by atoms with Crippen LogP contribution < -0.4 is 0 Å². The van der Waals surface area contributed by atoms with Gasteiger partial charge in [0.2, 0.25) is 0 Å². The van der Waals surface area contributed by atoms with E-state index in [1.165, 1.54) is 0 Å². The second kappa shape index (κ2) is 14.7. The highest BCUT2D eigenvalue weighted by Crippen LogP contribution is 2.45. The average Bonchev–Trinajstić information content (AvgIpc) is 3.91. The van der Waals surface area contributed by atoms with Crippen molar-refractivity contribution in [2.24, 2.45) is 0 Å². The Kier molecular flexibility index (Phi) is 8.42. The van der Waals surface area contributed by atoms with Crippen molar-refractivity contribution in [3.8, 4) is 73.2 Å². The van der Waals surface area contributed by atoms with Crippen molar-refractivity contribution in [1.29, 1.82) is 0 Å². The summed E-state index contributed by atoms with van der Waals surface area (Å²) in [5, 5.41) is 4.35. The second-order valence-corrected chi connectivity index (χ2v) is 15.5. The van der Waals surface area contributed by atoms with Crippen molar-refractivity contribution in [3.63, 3.8) is 0 Å². The van der Waals surface area contributed by atoms with Gasteiger partial charge in [-0.1, -0.05) is 182 Å². The number of nitrogens with zero attached hydrogens (tertiary/aromatic N) is 4. The molecule has 0 radical (unpaired) electrons. The van der Waals surface area contributed by atoms with Crippen LogP contribution in [0.1, 0.15) is 0 Å². The summed E-state index contributed by atoms with van der Waals surface area (Å²) < 4.78 is 9.54. The van der Waals surface area contributed by atoms with Gasteiger partial charge in [-0.15, -0.1) is 0 Å². The third-order valence-corrected chi connectivity index (χ3v) is 11.9. The van der Waals surface area contributed by atoms with Crippen molar-refractivity contribution in [2.75, 3.05) is 0 Å². The largest absolute Gasteiger partial charge is 0.455 e. The lowest BCUT2D eigenvalue weighted by Gasteiger charge is -2.16. The van der Waals surface area contributed by atoms with Gasteiger partial charge in [0.15, 0.2) is 17.5 Å². The molecule has 0 aliphatic heterocycles. The van der Waals surface area contributed by atoms with Crippen LogP contribution in [0.15, 0.2) is 223 Å². The first kappa shape index (κ1) is 35.5. The van der Waals surface area contributed by atoms with E-state index in [2.05, 4.69) is 162 Å². The smallest absolute Gasteiger partial charge is 0.164 e. The molecule has 0 saturated carbocycles. The van der Waals surface area contributed by atoms with Crippen molar-refractivity contribution in [3.05, 3.63) is 218 Å². The van der Waals surface area contributed by atoms with Gasteiger partial charge < -0.3 is 8.98 Å². The Hall–Kier alpha value is -8.41. The number of para-hydroxylation sites is 3. The fraction of sp³-hybridized carbons (Fsp3) is 0. The first-order valence-corrected chi connectivity index (χ1v) is 20.9. The summed E-state index contributed by atoms with van der Waals surface area (Å²) in [6, 6.07) is 76.1. The molecule has 3 aromatic heterocycles. The molecular formula is C57H36N4O. The fourth-order valence-electron chi connectivity index (χ4n) is 9.04. The minimum Gasteiger partial charge on any atom is -0.455 e. The van der Waals surface area contributed by atoms with E-state index >= 15 is 0 Å². The first-order chi connectivity index (χ1) is 30.8. The number of hydrogen-bond donors (Lipinski definition) is 0. The number of fused-ring (bicyclic) bond motifs is 7. The molecule has 0 unspecified atom stereocenters. The summed E-state index contributed by atoms with van der Waals surface area (Å²) in [6.07, 6.45) is 0. The van der Waals surface area contributed by atoms with Gasteiger partial charge >= 0.3 is 0 Å². The van der Waals surface area contributed by atoms with Crippen LogP contribution in [0.25, 0.3) is 117 Å². The normalized spacial score (nSPS) is 11.5. The maximum Gasteiger partial charge on any atom is 0.164 e. The first-order valence-electron chi connectivity index (χ1n) is 20.9. The molecule has 0 fully saturated rings. The SMILES string of the molecule is c1ccc(-c2nc(-c3ccccc3)nc(-c3cc(-c4ccccc4-c4ccccc4)ccc3-c3cccc4c3oc3c4ccc4c3c3ccccc3n4-c3ccccc3)n2)cc1. The molecule has 9 aromatic carbocycles. The number of furan rings is 1. The molecular weight excluding hydrogens is 757 g/mol. The number of aromatic nitrogens is 4. The Balaban J connectivity index is 1.14. The third-order valence-electron chi connectivity index (χ3n) is 11.9. The molecule has 0 saturated heterocycles. The van der Waals surface area contributed by atoms with E-state index < -0.39 is 0 Å². The number of rotatable bonds is 7. The maximum atomic E-state index is 7.21. The average molecular weight is 793 g/mol. The molecule has 3 heterocycles. The van der Waals surface area contributed by atoms with E-state index in [4.69, 9.17) is 19.4 Å². The van der Waals surface area contributed by atoms with Crippen LogP contribution >= 0.6 is 0 Å². The molecule has 0 spiro atoms. The monoisotopic (exact) mass is 792 g/mol. The van der Waals surface area contributed by atoms with Gasteiger partial charge in [0.1, 0.15) is 11.2 Å². The maximum absolute atomic E-state index is 7.21. The highest BCUT2D eigenvalue weighted by Gasteiger charge is 2.23. The van der Waals surface area contributed by atoms with Crippen LogP contribution in [-0.2, 0) is 0 Å². The Morgan fingerprint density at radius 1 is 0.306 bits per heavy atom. The van der Waals surface area contributed by atoms with E-state index in [1.54, 1.807) is 0 Å². The van der Waals surface area contributed by atoms with Crippen LogP contribution in [-0.4, -0.2) is 19.5 Å². The Bertz CT molecular complexity index is 3560. The number of benzene rings is 9. The van der Waals surface area contributed by atoms with Crippen LogP contribution in [0, 0.1) is 0 Å². The Morgan fingerprint density at radius 3 is 1.53 bits per heavy atom. The lowest BCUT2D eigenvalue weighted by molar-refractivity contribution is 0.674. The van der Waals surface area contributed by atoms with Crippen LogP contribution in [0.2, 0.25) is 0 Å². The molecule has 0 amide bonds. The predicted molar refractivity (Wildman–Crippen MR) is 254 cm³/mol. The van der Waals surface area contributed by atoms with Gasteiger partial charge in [-0.05, 0) is 64.2 Å². The summed E-state index contributed by atoms with van der Waals surface area (Å²) in [6.45, 7) is 0. The summed E-state index contributed by atoms with van der Waals surface area (Å²) >= 11 is 0. The highest BCUT2D eigenvalue weighted by molar-refractivity contribution is 6.25.